The fourth-order valence-electron chi connectivity index (χ4n) is 1.30. The second kappa shape index (κ2) is 5.02. The minimum atomic E-state index is -0.588. The summed E-state index contributed by atoms with van der Waals surface area (Å²) in [4.78, 5) is 0. The van der Waals surface area contributed by atoms with E-state index < -0.39 is 17.7 Å². The Morgan fingerprint density at radius 3 is 2.57 bits per heavy atom. The molecule has 0 bridgehead atoms. The van der Waals surface area contributed by atoms with Crippen molar-refractivity contribution in [3.05, 3.63) is 35.4 Å². The van der Waals surface area contributed by atoms with Gasteiger partial charge in [0.2, 0.25) is 0 Å². The summed E-state index contributed by atoms with van der Waals surface area (Å²) < 4.78 is 25.7. The molecule has 0 aromatic heterocycles. The minimum Gasteiger partial charge on any atom is -0.330 e. The van der Waals surface area contributed by atoms with Crippen LogP contribution < -0.4 is 11.5 Å². The number of hydrogen-bond acceptors (Lipinski definition) is 2. The standard InChI is InChI=1S/C10H14F2N2/c11-7-3-4-8(9(12)6-7)10(14)2-1-5-13/h3-4,6,10H,1-2,5,13-14H2/t10-/m0/s1. The Morgan fingerprint density at radius 2 is 2.00 bits per heavy atom. The van der Waals surface area contributed by atoms with E-state index in [9.17, 15) is 8.78 Å². The molecular weight excluding hydrogens is 186 g/mol. The van der Waals surface area contributed by atoms with Gasteiger partial charge in [-0.15, -0.1) is 0 Å². The van der Waals surface area contributed by atoms with Crippen molar-refractivity contribution in [2.45, 2.75) is 18.9 Å². The Labute approximate surface area is 81.9 Å². The minimum absolute atomic E-state index is 0.347. The van der Waals surface area contributed by atoms with Crippen LogP contribution in [-0.2, 0) is 0 Å². The van der Waals surface area contributed by atoms with Crippen LogP contribution in [0.2, 0.25) is 0 Å². The predicted octanol–water partition coefficient (Wildman–Crippen LogP) is 1.70. The zero-order valence-electron chi connectivity index (χ0n) is 7.84. The highest BCUT2D eigenvalue weighted by atomic mass is 19.1. The summed E-state index contributed by atoms with van der Waals surface area (Å²) in [5.74, 6) is -1.17. The molecule has 0 aliphatic rings. The molecule has 2 nitrogen and oxygen atoms in total. The van der Waals surface area contributed by atoms with Crippen molar-refractivity contribution in [1.82, 2.24) is 0 Å². The van der Waals surface area contributed by atoms with Gasteiger partial charge in [0.25, 0.3) is 0 Å². The van der Waals surface area contributed by atoms with E-state index in [0.717, 1.165) is 12.5 Å². The van der Waals surface area contributed by atoms with E-state index in [1.165, 1.54) is 12.1 Å². The molecule has 0 unspecified atom stereocenters. The van der Waals surface area contributed by atoms with Crippen molar-refractivity contribution in [3.63, 3.8) is 0 Å². The molecule has 1 aromatic carbocycles. The molecule has 0 radical (unpaired) electrons. The maximum absolute atomic E-state index is 13.2. The summed E-state index contributed by atoms with van der Waals surface area (Å²) >= 11 is 0. The number of nitrogens with two attached hydrogens (primary N) is 2. The third-order valence-electron chi connectivity index (χ3n) is 2.08. The van der Waals surface area contributed by atoms with Crippen molar-refractivity contribution < 1.29 is 8.78 Å². The predicted molar refractivity (Wildman–Crippen MR) is 51.6 cm³/mol. The Balaban J connectivity index is 2.74. The van der Waals surface area contributed by atoms with E-state index in [0.29, 0.717) is 18.5 Å². The molecule has 0 saturated heterocycles. The third kappa shape index (κ3) is 2.75. The molecule has 14 heavy (non-hydrogen) atoms. The van der Waals surface area contributed by atoms with Crippen molar-refractivity contribution in [2.24, 2.45) is 11.5 Å². The first kappa shape index (κ1) is 11.1. The summed E-state index contributed by atoms with van der Waals surface area (Å²) in [5.41, 5.74) is 11.4. The molecule has 0 amide bonds. The normalized spacial score (nSPS) is 12.9. The van der Waals surface area contributed by atoms with Crippen LogP contribution in [0.4, 0.5) is 8.78 Å². The molecular formula is C10H14F2N2. The van der Waals surface area contributed by atoms with Crippen LogP contribution in [0.25, 0.3) is 0 Å². The van der Waals surface area contributed by atoms with Gasteiger partial charge in [0.15, 0.2) is 0 Å². The van der Waals surface area contributed by atoms with Crippen LogP contribution in [0.1, 0.15) is 24.4 Å². The van der Waals surface area contributed by atoms with Gasteiger partial charge in [-0.05, 0) is 25.5 Å². The van der Waals surface area contributed by atoms with E-state index in [1.54, 1.807) is 0 Å². The highest BCUT2D eigenvalue weighted by molar-refractivity contribution is 5.21. The van der Waals surface area contributed by atoms with E-state index in [4.69, 9.17) is 11.5 Å². The van der Waals surface area contributed by atoms with Gasteiger partial charge in [-0.3, -0.25) is 0 Å². The van der Waals surface area contributed by atoms with E-state index in [-0.39, 0.29) is 0 Å². The summed E-state index contributed by atoms with van der Waals surface area (Å²) in [5, 5.41) is 0. The number of hydrogen-bond donors (Lipinski definition) is 2. The van der Waals surface area contributed by atoms with Gasteiger partial charge in [0, 0.05) is 17.7 Å². The third-order valence-corrected chi connectivity index (χ3v) is 2.08. The molecule has 0 saturated carbocycles. The lowest BCUT2D eigenvalue weighted by atomic mass is 10.0. The molecule has 1 atom stereocenters. The molecule has 1 rings (SSSR count). The van der Waals surface area contributed by atoms with Gasteiger partial charge < -0.3 is 11.5 Å². The number of benzene rings is 1. The van der Waals surface area contributed by atoms with Gasteiger partial charge in [0.05, 0.1) is 0 Å². The van der Waals surface area contributed by atoms with Crippen molar-refractivity contribution in [1.29, 1.82) is 0 Å². The van der Waals surface area contributed by atoms with Crippen molar-refractivity contribution in [3.8, 4) is 0 Å². The molecule has 0 spiro atoms. The highest BCUT2D eigenvalue weighted by Crippen LogP contribution is 2.19. The topological polar surface area (TPSA) is 52.0 Å². The first-order chi connectivity index (χ1) is 6.65. The van der Waals surface area contributed by atoms with Gasteiger partial charge >= 0.3 is 0 Å². The average molecular weight is 200 g/mol. The van der Waals surface area contributed by atoms with Crippen molar-refractivity contribution >= 4 is 0 Å². The van der Waals surface area contributed by atoms with Gasteiger partial charge in [0.1, 0.15) is 11.6 Å². The first-order valence-corrected chi connectivity index (χ1v) is 4.55. The van der Waals surface area contributed by atoms with E-state index >= 15 is 0 Å². The summed E-state index contributed by atoms with van der Waals surface area (Å²) in [6.45, 7) is 0.524. The zero-order valence-corrected chi connectivity index (χ0v) is 7.84. The van der Waals surface area contributed by atoms with Crippen LogP contribution >= 0.6 is 0 Å². The van der Waals surface area contributed by atoms with Crippen LogP contribution in [-0.4, -0.2) is 6.54 Å². The lowest BCUT2D eigenvalue weighted by Gasteiger charge is -2.11. The largest absolute Gasteiger partial charge is 0.330 e. The first-order valence-electron chi connectivity index (χ1n) is 4.55. The highest BCUT2D eigenvalue weighted by Gasteiger charge is 2.11. The molecule has 0 aliphatic heterocycles. The van der Waals surface area contributed by atoms with Crippen LogP contribution in [0, 0.1) is 11.6 Å². The van der Waals surface area contributed by atoms with Crippen LogP contribution in [0.3, 0.4) is 0 Å². The Bertz CT molecular complexity index is 302. The Morgan fingerprint density at radius 1 is 1.29 bits per heavy atom. The van der Waals surface area contributed by atoms with Crippen LogP contribution in [0.5, 0.6) is 0 Å². The van der Waals surface area contributed by atoms with E-state index in [2.05, 4.69) is 0 Å². The monoisotopic (exact) mass is 200 g/mol. The van der Waals surface area contributed by atoms with Crippen LogP contribution in [0.15, 0.2) is 18.2 Å². The fraction of sp³-hybridized carbons (Fsp3) is 0.400. The molecule has 78 valence electrons. The van der Waals surface area contributed by atoms with Gasteiger partial charge in [-0.25, -0.2) is 8.78 Å². The second-order valence-corrected chi connectivity index (χ2v) is 3.20. The Hall–Kier alpha value is -1.00. The lowest BCUT2D eigenvalue weighted by molar-refractivity contribution is 0.537. The Kier molecular flexibility index (Phi) is 3.98. The number of halogens is 2. The smallest absolute Gasteiger partial charge is 0.130 e. The molecule has 4 N–H and O–H groups in total. The zero-order chi connectivity index (χ0) is 10.6. The average Bonchev–Trinajstić information content (AvgIpc) is 2.14. The van der Waals surface area contributed by atoms with Crippen molar-refractivity contribution in [2.75, 3.05) is 6.54 Å². The molecule has 0 fully saturated rings. The summed E-state index contributed by atoms with van der Waals surface area (Å²) in [7, 11) is 0. The fourth-order valence-corrected chi connectivity index (χ4v) is 1.30. The summed E-state index contributed by atoms with van der Waals surface area (Å²) in [6, 6.07) is 3.03. The maximum Gasteiger partial charge on any atom is 0.130 e. The maximum atomic E-state index is 13.2. The lowest BCUT2D eigenvalue weighted by Crippen LogP contribution is -2.14. The second-order valence-electron chi connectivity index (χ2n) is 3.20. The molecule has 0 aliphatic carbocycles. The summed E-state index contributed by atoms with van der Waals surface area (Å²) in [6.07, 6.45) is 1.34. The van der Waals surface area contributed by atoms with E-state index in [1.807, 2.05) is 0 Å². The molecule has 1 aromatic rings. The number of rotatable bonds is 4. The van der Waals surface area contributed by atoms with Gasteiger partial charge in [-0.2, -0.15) is 0 Å². The van der Waals surface area contributed by atoms with Gasteiger partial charge in [-0.1, -0.05) is 6.07 Å². The quantitative estimate of drug-likeness (QED) is 0.777. The molecule has 4 heteroatoms. The SMILES string of the molecule is NCCC[C@H](N)c1ccc(F)cc1F. The molecule has 0 heterocycles.